The van der Waals surface area contributed by atoms with E-state index in [9.17, 15) is 18.0 Å². The molecule has 4 rings (SSSR count). The molecule has 0 saturated carbocycles. The van der Waals surface area contributed by atoms with E-state index in [2.05, 4.69) is 14.9 Å². The average Bonchev–Trinajstić information content (AvgIpc) is 3.32. The standard InChI is InChI=1S/C21H18F3N3O2/c22-21(23,24)29-19-3-1-2-14(11-19)10-16-8-9-27(20(16)28)18-6-4-15(5-7-18)17-12-25-26-13-17/h1-7,11-13,16H,8-10H2,(H,25,26). The molecule has 0 bridgehead atoms. The molecule has 29 heavy (non-hydrogen) atoms. The molecule has 0 radical (unpaired) electrons. The van der Waals surface area contributed by atoms with Crippen molar-refractivity contribution in [1.82, 2.24) is 10.2 Å². The van der Waals surface area contributed by atoms with Crippen LogP contribution in [-0.2, 0) is 11.2 Å². The molecule has 2 aromatic carbocycles. The van der Waals surface area contributed by atoms with Gasteiger partial charge in [-0.15, -0.1) is 13.2 Å². The zero-order chi connectivity index (χ0) is 20.4. The number of hydrogen-bond acceptors (Lipinski definition) is 3. The second-order valence-corrected chi connectivity index (χ2v) is 6.91. The number of amides is 1. The lowest BCUT2D eigenvalue weighted by atomic mass is 9.98. The summed E-state index contributed by atoms with van der Waals surface area (Å²) in [4.78, 5) is 14.6. The van der Waals surface area contributed by atoms with Crippen LogP contribution in [0.5, 0.6) is 5.75 Å². The SMILES string of the molecule is O=C1C(Cc2cccc(OC(F)(F)F)c2)CCN1c1ccc(-c2cn[nH]c2)cc1. The Morgan fingerprint density at radius 1 is 1.14 bits per heavy atom. The van der Waals surface area contributed by atoms with Gasteiger partial charge in [0.05, 0.1) is 6.20 Å². The lowest BCUT2D eigenvalue weighted by Gasteiger charge is -2.17. The van der Waals surface area contributed by atoms with Crippen molar-refractivity contribution in [3.8, 4) is 16.9 Å². The lowest BCUT2D eigenvalue weighted by molar-refractivity contribution is -0.274. The Labute approximate surface area is 165 Å². The maximum absolute atomic E-state index is 12.8. The first-order valence-corrected chi connectivity index (χ1v) is 9.14. The Morgan fingerprint density at radius 3 is 2.62 bits per heavy atom. The van der Waals surface area contributed by atoms with E-state index in [0.717, 1.165) is 16.8 Å². The molecule has 1 fully saturated rings. The molecule has 1 saturated heterocycles. The average molecular weight is 401 g/mol. The number of hydrogen-bond donors (Lipinski definition) is 1. The van der Waals surface area contributed by atoms with Crippen molar-refractivity contribution < 1.29 is 22.7 Å². The van der Waals surface area contributed by atoms with Crippen LogP contribution in [0.25, 0.3) is 11.1 Å². The van der Waals surface area contributed by atoms with Crippen LogP contribution in [0.4, 0.5) is 18.9 Å². The fourth-order valence-electron chi connectivity index (χ4n) is 3.58. The zero-order valence-electron chi connectivity index (χ0n) is 15.3. The summed E-state index contributed by atoms with van der Waals surface area (Å²) in [6.45, 7) is 0.577. The second kappa shape index (κ2) is 7.62. The fraction of sp³-hybridized carbons (Fsp3) is 0.238. The molecule has 3 aromatic rings. The van der Waals surface area contributed by atoms with Crippen molar-refractivity contribution in [1.29, 1.82) is 0 Å². The van der Waals surface area contributed by atoms with Crippen LogP contribution in [0.15, 0.2) is 60.9 Å². The molecule has 1 N–H and O–H groups in total. The quantitative estimate of drug-likeness (QED) is 0.681. The third-order valence-electron chi connectivity index (χ3n) is 4.94. The van der Waals surface area contributed by atoms with Crippen LogP contribution < -0.4 is 9.64 Å². The topological polar surface area (TPSA) is 58.2 Å². The van der Waals surface area contributed by atoms with Crippen LogP contribution in [0.2, 0.25) is 0 Å². The number of ether oxygens (including phenoxy) is 1. The fourth-order valence-corrected chi connectivity index (χ4v) is 3.58. The van der Waals surface area contributed by atoms with Gasteiger partial charge in [-0.25, -0.2) is 0 Å². The van der Waals surface area contributed by atoms with Gasteiger partial charge in [0.15, 0.2) is 0 Å². The molecule has 1 aliphatic heterocycles. The molecule has 2 heterocycles. The minimum Gasteiger partial charge on any atom is -0.406 e. The van der Waals surface area contributed by atoms with E-state index in [1.807, 2.05) is 24.3 Å². The number of anilines is 1. The summed E-state index contributed by atoms with van der Waals surface area (Å²) in [6.07, 6.45) is -0.198. The molecule has 8 heteroatoms. The number of halogens is 3. The number of H-pyrrole nitrogens is 1. The molecule has 1 unspecified atom stereocenters. The Hall–Kier alpha value is -3.29. The first-order valence-electron chi connectivity index (χ1n) is 9.14. The van der Waals surface area contributed by atoms with Gasteiger partial charge in [-0.3, -0.25) is 9.89 Å². The van der Waals surface area contributed by atoms with E-state index >= 15 is 0 Å². The van der Waals surface area contributed by atoms with Crippen LogP contribution in [0.3, 0.4) is 0 Å². The highest BCUT2D eigenvalue weighted by molar-refractivity contribution is 5.97. The van der Waals surface area contributed by atoms with Gasteiger partial charge in [0, 0.05) is 29.9 Å². The van der Waals surface area contributed by atoms with E-state index < -0.39 is 6.36 Å². The van der Waals surface area contributed by atoms with Gasteiger partial charge in [0.25, 0.3) is 0 Å². The van der Waals surface area contributed by atoms with Gasteiger partial charge in [0.2, 0.25) is 5.91 Å². The predicted molar refractivity (Wildman–Crippen MR) is 101 cm³/mol. The lowest BCUT2D eigenvalue weighted by Crippen LogP contribution is -2.27. The number of alkyl halides is 3. The maximum Gasteiger partial charge on any atom is 0.573 e. The number of aromatic nitrogens is 2. The Morgan fingerprint density at radius 2 is 1.93 bits per heavy atom. The minimum absolute atomic E-state index is 0.0248. The van der Waals surface area contributed by atoms with Crippen molar-refractivity contribution in [2.45, 2.75) is 19.2 Å². The summed E-state index contributed by atoms with van der Waals surface area (Å²) >= 11 is 0. The summed E-state index contributed by atoms with van der Waals surface area (Å²) in [6, 6.07) is 13.4. The third-order valence-corrected chi connectivity index (χ3v) is 4.94. The van der Waals surface area contributed by atoms with Crippen LogP contribution in [-0.4, -0.2) is 29.0 Å². The molecule has 150 valence electrons. The van der Waals surface area contributed by atoms with E-state index in [0.29, 0.717) is 24.9 Å². The van der Waals surface area contributed by atoms with E-state index in [1.165, 1.54) is 18.2 Å². The van der Waals surface area contributed by atoms with Crippen LogP contribution >= 0.6 is 0 Å². The van der Waals surface area contributed by atoms with Gasteiger partial charge in [-0.2, -0.15) is 5.10 Å². The molecule has 1 amide bonds. The third kappa shape index (κ3) is 4.42. The number of benzene rings is 2. The monoisotopic (exact) mass is 401 g/mol. The van der Waals surface area contributed by atoms with Crippen molar-refractivity contribution >= 4 is 11.6 Å². The van der Waals surface area contributed by atoms with Crippen molar-refractivity contribution in [2.75, 3.05) is 11.4 Å². The highest BCUT2D eigenvalue weighted by atomic mass is 19.4. The number of rotatable bonds is 5. The van der Waals surface area contributed by atoms with Crippen LogP contribution in [0, 0.1) is 5.92 Å². The Bertz CT molecular complexity index is 985. The zero-order valence-corrected chi connectivity index (χ0v) is 15.3. The van der Waals surface area contributed by atoms with Gasteiger partial charge in [-0.1, -0.05) is 24.3 Å². The summed E-state index contributed by atoms with van der Waals surface area (Å²) < 4.78 is 41.2. The molecule has 5 nitrogen and oxygen atoms in total. The Balaban J connectivity index is 1.43. The first-order chi connectivity index (χ1) is 13.9. The van der Waals surface area contributed by atoms with Crippen LogP contribution in [0.1, 0.15) is 12.0 Å². The highest BCUT2D eigenvalue weighted by Gasteiger charge is 2.33. The molecule has 0 spiro atoms. The number of carbonyl (C=O) groups excluding carboxylic acids is 1. The largest absolute Gasteiger partial charge is 0.573 e. The minimum atomic E-state index is -4.73. The highest BCUT2D eigenvalue weighted by Crippen LogP contribution is 2.30. The number of nitrogens with zero attached hydrogens (tertiary/aromatic N) is 2. The summed E-state index contributed by atoms with van der Waals surface area (Å²) in [5, 5.41) is 6.69. The second-order valence-electron chi connectivity index (χ2n) is 6.91. The van der Waals surface area contributed by atoms with Gasteiger partial charge in [-0.05, 0) is 48.2 Å². The Kier molecular flexibility index (Phi) is 5.00. The molecule has 1 aromatic heterocycles. The van der Waals surface area contributed by atoms with E-state index in [-0.39, 0.29) is 17.6 Å². The predicted octanol–water partition coefficient (Wildman–Crippen LogP) is 4.57. The number of nitrogens with one attached hydrogen (secondary N) is 1. The van der Waals surface area contributed by atoms with Gasteiger partial charge >= 0.3 is 6.36 Å². The van der Waals surface area contributed by atoms with Crippen molar-refractivity contribution in [2.24, 2.45) is 5.92 Å². The molecule has 1 atom stereocenters. The molecular weight excluding hydrogens is 383 g/mol. The smallest absolute Gasteiger partial charge is 0.406 e. The van der Waals surface area contributed by atoms with E-state index in [4.69, 9.17) is 0 Å². The van der Waals surface area contributed by atoms with Crippen molar-refractivity contribution in [3.63, 3.8) is 0 Å². The summed E-state index contributed by atoms with van der Waals surface area (Å²) in [7, 11) is 0. The van der Waals surface area contributed by atoms with Crippen molar-refractivity contribution in [3.05, 3.63) is 66.5 Å². The van der Waals surface area contributed by atoms with Gasteiger partial charge in [0.1, 0.15) is 5.75 Å². The van der Waals surface area contributed by atoms with E-state index in [1.54, 1.807) is 23.4 Å². The number of aromatic amines is 1. The maximum atomic E-state index is 12.8. The molecular formula is C21H18F3N3O2. The molecule has 0 aliphatic carbocycles. The molecule has 1 aliphatic rings. The normalized spacial score (nSPS) is 17.0. The van der Waals surface area contributed by atoms with Gasteiger partial charge < -0.3 is 9.64 Å². The first kappa shape index (κ1) is 19.0. The summed E-state index contributed by atoms with van der Waals surface area (Å²) in [5.74, 6) is -0.569. The number of carbonyl (C=O) groups is 1. The summed E-state index contributed by atoms with van der Waals surface area (Å²) in [5.41, 5.74) is 3.40.